The van der Waals surface area contributed by atoms with Gasteiger partial charge >= 0.3 is 0 Å². The lowest BCUT2D eigenvalue weighted by Gasteiger charge is -2.31. The highest BCUT2D eigenvalue weighted by atomic mass is 16.5. The first-order valence-corrected chi connectivity index (χ1v) is 6.35. The third-order valence-electron chi connectivity index (χ3n) is 2.84. The Kier molecular flexibility index (Phi) is 5.97. The van der Waals surface area contributed by atoms with E-state index < -0.39 is 0 Å². The van der Waals surface area contributed by atoms with Crippen LogP contribution in [-0.2, 0) is 14.3 Å². The fraction of sp³-hybridized carbons (Fsp3) is 0.833. The molecule has 1 N–H and O–H groups in total. The number of carbonyl (C=O) groups is 2. The van der Waals surface area contributed by atoms with Gasteiger partial charge in [-0.25, -0.2) is 0 Å². The Morgan fingerprint density at radius 2 is 2.12 bits per heavy atom. The summed E-state index contributed by atoms with van der Waals surface area (Å²) in [5.74, 6) is -0.0730. The lowest BCUT2D eigenvalue weighted by atomic mass is 10.1. The zero-order valence-electron chi connectivity index (χ0n) is 10.7. The Hall–Kier alpha value is -1.10. The van der Waals surface area contributed by atoms with Crippen molar-refractivity contribution in [2.24, 2.45) is 0 Å². The molecule has 5 heteroatoms. The number of rotatable bonds is 7. The van der Waals surface area contributed by atoms with Gasteiger partial charge in [-0.05, 0) is 12.8 Å². The highest BCUT2D eigenvalue weighted by Crippen LogP contribution is 2.05. The molecule has 0 aromatic carbocycles. The van der Waals surface area contributed by atoms with Crippen molar-refractivity contribution < 1.29 is 14.3 Å². The average molecular weight is 242 g/mol. The van der Waals surface area contributed by atoms with E-state index >= 15 is 0 Å². The molecule has 2 amide bonds. The van der Waals surface area contributed by atoms with E-state index in [2.05, 4.69) is 12.2 Å². The van der Waals surface area contributed by atoms with E-state index in [-0.39, 0.29) is 24.4 Å². The summed E-state index contributed by atoms with van der Waals surface area (Å²) < 4.78 is 5.40. The molecule has 1 aliphatic rings. The molecule has 1 rings (SSSR count). The van der Waals surface area contributed by atoms with Crippen LogP contribution in [0, 0.1) is 0 Å². The zero-order chi connectivity index (χ0) is 12.7. The van der Waals surface area contributed by atoms with E-state index in [0.717, 1.165) is 19.4 Å². The van der Waals surface area contributed by atoms with Crippen LogP contribution in [0.3, 0.4) is 0 Å². The second-order valence-electron chi connectivity index (χ2n) is 4.25. The number of ether oxygens (including phenoxy) is 1. The molecule has 0 radical (unpaired) electrons. The maximum atomic E-state index is 11.9. The molecule has 0 saturated carbocycles. The summed E-state index contributed by atoms with van der Waals surface area (Å²) in [6.07, 6.45) is 2.77. The quantitative estimate of drug-likeness (QED) is 0.663. The molecular formula is C12H22N2O3. The topological polar surface area (TPSA) is 58.6 Å². The molecule has 1 unspecified atom stereocenters. The number of hydrogen-bond donors (Lipinski definition) is 1. The summed E-state index contributed by atoms with van der Waals surface area (Å²) in [5.41, 5.74) is 0. The van der Waals surface area contributed by atoms with Gasteiger partial charge < -0.3 is 15.0 Å². The van der Waals surface area contributed by atoms with Gasteiger partial charge in [-0.3, -0.25) is 9.59 Å². The molecule has 1 fully saturated rings. The summed E-state index contributed by atoms with van der Waals surface area (Å²) in [7, 11) is 0. The van der Waals surface area contributed by atoms with Crippen molar-refractivity contribution in [2.45, 2.75) is 39.2 Å². The molecule has 1 aliphatic heterocycles. The van der Waals surface area contributed by atoms with Crippen molar-refractivity contribution in [1.82, 2.24) is 10.2 Å². The predicted octanol–water partition coefficient (Wildman–Crippen LogP) is 0.540. The standard InChI is InChI=1S/C12H22N2O3/c1-3-5-7-17-8-6-14-9-11(15)13-10(4-2)12(14)16/h10H,3-9H2,1-2H3,(H,13,15). The van der Waals surface area contributed by atoms with Gasteiger partial charge in [0.25, 0.3) is 0 Å². The van der Waals surface area contributed by atoms with Crippen LogP contribution in [0.5, 0.6) is 0 Å². The van der Waals surface area contributed by atoms with Crippen molar-refractivity contribution in [1.29, 1.82) is 0 Å². The van der Waals surface area contributed by atoms with Gasteiger partial charge in [0, 0.05) is 13.2 Å². The van der Waals surface area contributed by atoms with Crippen LogP contribution in [0.4, 0.5) is 0 Å². The Morgan fingerprint density at radius 3 is 2.76 bits per heavy atom. The number of nitrogens with one attached hydrogen (secondary N) is 1. The van der Waals surface area contributed by atoms with E-state index in [1.54, 1.807) is 4.90 Å². The van der Waals surface area contributed by atoms with Crippen molar-refractivity contribution in [3.8, 4) is 0 Å². The second-order valence-corrected chi connectivity index (χ2v) is 4.25. The summed E-state index contributed by atoms with van der Waals surface area (Å²) in [4.78, 5) is 24.8. The molecule has 98 valence electrons. The maximum absolute atomic E-state index is 11.9. The summed E-state index contributed by atoms with van der Waals surface area (Å²) in [5, 5.41) is 2.69. The molecule has 0 bridgehead atoms. The molecule has 5 nitrogen and oxygen atoms in total. The van der Waals surface area contributed by atoms with Crippen molar-refractivity contribution in [2.75, 3.05) is 26.3 Å². The predicted molar refractivity (Wildman–Crippen MR) is 64.5 cm³/mol. The van der Waals surface area contributed by atoms with Crippen molar-refractivity contribution in [3.63, 3.8) is 0 Å². The van der Waals surface area contributed by atoms with Gasteiger partial charge in [-0.1, -0.05) is 20.3 Å². The zero-order valence-corrected chi connectivity index (χ0v) is 10.7. The Labute approximate surface area is 102 Å². The third-order valence-corrected chi connectivity index (χ3v) is 2.84. The molecular weight excluding hydrogens is 220 g/mol. The van der Waals surface area contributed by atoms with Gasteiger partial charge in [0.05, 0.1) is 13.2 Å². The summed E-state index contributed by atoms with van der Waals surface area (Å²) in [6, 6.07) is -0.355. The van der Waals surface area contributed by atoms with E-state index in [0.29, 0.717) is 19.6 Å². The number of hydrogen-bond acceptors (Lipinski definition) is 3. The second kappa shape index (κ2) is 7.27. The molecule has 1 atom stereocenters. The smallest absolute Gasteiger partial charge is 0.245 e. The van der Waals surface area contributed by atoms with Crippen LogP contribution in [0.1, 0.15) is 33.1 Å². The van der Waals surface area contributed by atoms with Gasteiger partial charge in [-0.2, -0.15) is 0 Å². The summed E-state index contributed by atoms with van der Waals surface area (Å²) in [6.45, 7) is 5.90. The molecule has 0 aliphatic carbocycles. The number of piperazine rings is 1. The minimum atomic E-state index is -0.355. The normalized spacial score (nSPS) is 20.6. The number of amides is 2. The first kappa shape index (κ1) is 14.0. The molecule has 0 aromatic heterocycles. The number of nitrogens with zero attached hydrogens (tertiary/aromatic N) is 1. The molecule has 17 heavy (non-hydrogen) atoms. The first-order valence-electron chi connectivity index (χ1n) is 6.35. The lowest BCUT2D eigenvalue weighted by Crippen LogP contribution is -2.58. The van der Waals surface area contributed by atoms with Gasteiger partial charge in [0.15, 0.2) is 0 Å². The van der Waals surface area contributed by atoms with E-state index in [9.17, 15) is 9.59 Å². The molecule has 1 heterocycles. The molecule has 0 aromatic rings. The van der Waals surface area contributed by atoms with Crippen LogP contribution < -0.4 is 5.32 Å². The van der Waals surface area contributed by atoms with Gasteiger partial charge in [-0.15, -0.1) is 0 Å². The fourth-order valence-corrected chi connectivity index (χ4v) is 1.76. The van der Waals surface area contributed by atoms with Crippen LogP contribution in [0.2, 0.25) is 0 Å². The monoisotopic (exact) mass is 242 g/mol. The highest BCUT2D eigenvalue weighted by Gasteiger charge is 2.30. The van der Waals surface area contributed by atoms with E-state index in [4.69, 9.17) is 4.74 Å². The number of unbranched alkanes of at least 4 members (excludes halogenated alkanes) is 1. The van der Waals surface area contributed by atoms with Crippen LogP contribution in [-0.4, -0.2) is 49.1 Å². The lowest BCUT2D eigenvalue weighted by molar-refractivity contribution is -0.145. The van der Waals surface area contributed by atoms with Crippen LogP contribution in [0.15, 0.2) is 0 Å². The molecule has 1 saturated heterocycles. The number of carbonyl (C=O) groups excluding carboxylic acids is 2. The SMILES string of the molecule is CCCCOCCN1CC(=O)NC(CC)C1=O. The summed E-state index contributed by atoms with van der Waals surface area (Å²) >= 11 is 0. The minimum Gasteiger partial charge on any atom is -0.380 e. The first-order chi connectivity index (χ1) is 8.19. The van der Waals surface area contributed by atoms with E-state index in [1.165, 1.54) is 0 Å². The largest absolute Gasteiger partial charge is 0.380 e. The van der Waals surface area contributed by atoms with Gasteiger partial charge in [0.2, 0.25) is 11.8 Å². The minimum absolute atomic E-state index is 0.00573. The van der Waals surface area contributed by atoms with Crippen LogP contribution in [0.25, 0.3) is 0 Å². The van der Waals surface area contributed by atoms with E-state index in [1.807, 2.05) is 6.92 Å². The highest BCUT2D eigenvalue weighted by molar-refractivity contribution is 5.94. The Bertz CT molecular complexity index is 268. The van der Waals surface area contributed by atoms with Gasteiger partial charge in [0.1, 0.15) is 6.04 Å². The van der Waals surface area contributed by atoms with Crippen LogP contribution >= 0.6 is 0 Å². The fourth-order valence-electron chi connectivity index (χ4n) is 1.76. The van der Waals surface area contributed by atoms with Crippen molar-refractivity contribution >= 4 is 11.8 Å². The average Bonchev–Trinajstić information content (AvgIpc) is 2.32. The molecule has 0 spiro atoms. The third kappa shape index (κ3) is 4.34. The Balaban J connectivity index is 2.30. The van der Waals surface area contributed by atoms with Crippen molar-refractivity contribution in [3.05, 3.63) is 0 Å². The Morgan fingerprint density at radius 1 is 1.35 bits per heavy atom. The maximum Gasteiger partial charge on any atom is 0.245 e.